The van der Waals surface area contributed by atoms with E-state index in [1.54, 1.807) is 0 Å². The summed E-state index contributed by atoms with van der Waals surface area (Å²) >= 11 is 0. The third kappa shape index (κ3) is 2.90. The molecule has 2 amide bonds. The molecule has 1 aliphatic carbocycles. The molecule has 3 N–H and O–H groups in total. The summed E-state index contributed by atoms with van der Waals surface area (Å²) in [5.41, 5.74) is 1.92. The molecule has 110 valence electrons. The van der Waals surface area contributed by atoms with E-state index in [1.807, 2.05) is 24.3 Å². The number of nitrogens with one attached hydrogen (secondary N) is 2. The fourth-order valence-corrected chi connectivity index (χ4v) is 2.22. The summed E-state index contributed by atoms with van der Waals surface area (Å²) in [4.78, 5) is 24.8. The fraction of sp³-hybridized carbons (Fsp3) is 0.333. The number of β-amino-alcohol motifs (C(OH)–C–C–N with tert-alkyl or cyclic N) is 1. The van der Waals surface area contributed by atoms with Crippen LogP contribution in [0.25, 0.3) is 0 Å². The number of rotatable bonds is 6. The average molecular weight is 287 g/mol. The lowest BCUT2D eigenvalue weighted by molar-refractivity contribution is -0.137. The normalized spacial score (nSPS) is 18.0. The van der Waals surface area contributed by atoms with E-state index < -0.39 is 11.8 Å². The van der Waals surface area contributed by atoms with Gasteiger partial charge in [0, 0.05) is 12.1 Å². The third-order valence-electron chi connectivity index (χ3n) is 3.47. The number of carbonyl (C=O) groups excluding carboxylic acids is 2. The van der Waals surface area contributed by atoms with Crippen molar-refractivity contribution in [2.24, 2.45) is 0 Å². The Morgan fingerprint density at radius 3 is 2.57 bits per heavy atom. The van der Waals surface area contributed by atoms with E-state index in [9.17, 15) is 9.59 Å². The van der Waals surface area contributed by atoms with Crippen molar-refractivity contribution in [3.8, 4) is 0 Å². The third-order valence-corrected chi connectivity index (χ3v) is 3.47. The Kier molecular flexibility index (Phi) is 3.62. The van der Waals surface area contributed by atoms with E-state index in [0.29, 0.717) is 6.04 Å². The number of aliphatic hydroxyl groups is 1. The zero-order chi connectivity index (χ0) is 14.8. The van der Waals surface area contributed by atoms with Crippen LogP contribution in [0.4, 0.5) is 11.4 Å². The first kappa shape index (κ1) is 13.6. The molecule has 0 spiro atoms. The predicted molar refractivity (Wildman–Crippen MR) is 78.6 cm³/mol. The average Bonchev–Trinajstić information content (AvgIpc) is 3.25. The predicted octanol–water partition coefficient (Wildman–Crippen LogP) is 0.918. The Balaban J connectivity index is 1.76. The zero-order valence-corrected chi connectivity index (χ0v) is 11.5. The first-order valence-corrected chi connectivity index (χ1v) is 7.00. The number of para-hydroxylation sites is 2. The molecule has 0 radical (unpaired) electrons. The van der Waals surface area contributed by atoms with Crippen LogP contribution in [-0.4, -0.2) is 41.0 Å². The maximum Gasteiger partial charge on any atom is 0.277 e. The summed E-state index contributed by atoms with van der Waals surface area (Å²) in [6.07, 6.45) is 3.57. The summed E-state index contributed by atoms with van der Waals surface area (Å²) in [6, 6.07) is 8.08. The van der Waals surface area contributed by atoms with Crippen LogP contribution in [-0.2, 0) is 9.59 Å². The number of anilines is 2. The van der Waals surface area contributed by atoms with Gasteiger partial charge in [-0.15, -0.1) is 0 Å². The monoisotopic (exact) mass is 287 g/mol. The molecular formula is C15H17N3O3. The number of nitrogens with zero attached hydrogens (tertiary/aromatic N) is 1. The van der Waals surface area contributed by atoms with E-state index in [4.69, 9.17) is 5.11 Å². The van der Waals surface area contributed by atoms with E-state index in [-0.39, 0.29) is 18.8 Å². The summed E-state index contributed by atoms with van der Waals surface area (Å²) in [5.74, 6) is -0.806. The topological polar surface area (TPSA) is 81.7 Å². The van der Waals surface area contributed by atoms with Crippen LogP contribution in [0.3, 0.4) is 0 Å². The quantitative estimate of drug-likeness (QED) is 0.678. The summed E-state index contributed by atoms with van der Waals surface area (Å²) in [5, 5.41) is 15.3. The number of hydrogen-bond acceptors (Lipinski definition) is 5. The molecule has 1 heterocycles. The van der Waals surface area contributed by atoms with Gasteiger partial charge in [0.25, 0.3) is 11.8 Å². The van der Waals surface area contributed by atoms with Crippen molar-refractivity contribution in [3.05, 3.63) is 36.0 Å². The molecule has 1 saturated carbocycles. The molecule has 0 saturated heterocycles. The molecule has 6 heteroatoms. The van der Waals surface area contributed by atoms with Crippen LogP contribution >= 0.6 is 0 Å². The molecule has 0 bridgehead atoms. The first-order chi connectivity index (χ1) is 10.2. The smallest absolute Gasteiger partial charge is 0.277 e. The summed E-state index contributed by atoms with van der Waals surface area (Å²) in [7, 11) is 0. The van der Waals surface area contributed by atoms with Crippen molar-refractivity contribution in [1.29, 1.82) is 0 Å². The zero-order valence-electron chi connectivity index (χ0n) is 11.5. The molecule has 1 aromatic carbocycles. The van der Waals surface area contributed by atoms with Crippen LogP contribution in [0.15, 0.2) is 36.0 Å². The van der Waals surface area contributed by atoms with Crippen molar-refractivity contribution < 1.29 is 14.7 Å². The number of hydrogen-bond donors (Lipinski definition) is 3. The second-order valence-electron chi connectivity index (χ2n) is 5.17. The highest BCUT2D eigenvalue weighted by molar-refractivity contribution is 6.17. The molecule has 6 nitrogen and oxygen atoms in total. The second kappa shape index (κ2) is 5.57. The van der Waals surface area contributed by atoms with E-state index in [0.717, 1.165) is 29.1 Å². The number of aliphatic hydroxyl groups excluding tert-OH is 1. The summed E-state index contributed by atoms with van der Waals surface area (Å²) in [6.45, 7) is -0.222. The van der Waals surface area contributed by atoms with Gasteiger partial charge in [-0.2, -0.15) is 0 Å². The highest BCUT2D eigenvalue weighted by Crippen LogP contribution is 2.30. The van der Waals surface area contributed by atoms with Gasteiger partial charge in [-0.3, -0.25) is 14.5 Å². The highest BCUT2D eigenvalue weighted by Gasteiger charge is 2.31. The largest absolute Gasteiger partial charge is 0.395 e. The van der Waals surface area contributed by atoms with Crippen molar-refractivity contribution in [2.75, 3.05) is 23.8 Å². The lowest BCUT2D eigenvalue weighted by atomic mass is 10.2. The maximum atomic E-state index is 12.1. The Labute approximate surface area is 122 Å². The lowest BCUT2D eigenvalue weighted by Crippen LogP contribution is -2.34. The van der Waals surface area contributed by atoms with Crippen LogP contribution in [0, 0.1) is 0 Å². The van der Waals surface area contributed by atoms with Crippen LogP contribution in [0.2, 0.25) is 0 Å². The van der Waals surface area contributed by atoms with Crippen LogP contribution in [0.1, 0.15) is 12.8 Å². The van der Waals surface area contributed by atoms with Crippen LogP contribution in [0.5, 0.6) is 0 Å². The number of carbonyl (C=O) groups is 2. The second-order valence-corrected chi connectivity index (χ2v) is 5.17. The van der Waals surface area contributed by atoms with Gasteiger partial charge in [0.2, 0.25) is 0 Å². The Bertz CT molecular complexity index is 608. The van der Waals surface area contributed by atoms with Gasteiger partial charge >= 0.3 is 0 Å². The molecule has 1 aromatic rings. The fourth-order valence-electron chi connectivity index (χ4n) is 2.22. The SMILES string of the molecule is O=C1C=C(Nc2ccccc2NC2CC2)C(=O)N1CCO. The highest BCUT2D eigenvalue weighted by atomic mass is 16.3. The summed E-state index contributed by atoms with van der Waals surface area (Å²) < 4.78 is 0. The molecule has 2 aliphatic rings. The molecule has 21 heavy (non-hydrogen) atoms. The minimum Gasteiger partial charge on any atom is -0.395 e. The molecule has 0 aromatic heterocycles. The van der Waals surface area contributed by atoms with Gasteiger partial charge in [0.15, 0.2) is 0 Å². The molecule has 0 unspecified atom stereocenters. The number of amides is 2. The lowest BCUT2D eigenvalue weighted by Gasteiger charge is -2.15. The molecular weight excluding hydrogens is 270 g/mol. The van der Waals surface area contributed by atoms with Gasteiger partial charge in [-0.25, -0.2) is 0 Å². The maximum absolute atomic E-state index is 12.1. The van der Waals surface area contributed by atoms with Gasteiger partial charge < -0.3 is 15.7 Å². The minimum absolute atomic E-state index is 0.0152. The van der Waals surface area contributed by atoms with Gasteiger partial charge in [-0.05, 0) is 25.0 Å². The molecule has 0 atom stereocenters. The van der Waals surface area contributed by atoms with Gasteiger partial charge in [0.05, 0.1) is 24.5 Å². The van der Waals surface area contributed by atoms with Crippen molar-refractivity contribution in [3.63, 3.8) is 0 Å². The first-order valence-electron chi connectivity index (χ1n) is 7.00. The van der Waals surface area contributed by atoms with Gasteiger partial charge in [0.1, 0.15) is 5.70 Å². The van der Waals surface area contributed by atoms with Gasteiger partial charge in [-0.1, -0.05) is 12.1 Å². The van der Waals surface area contributed by atoms with Crippen molar-refractivity contribution >= 4 is 23.2 Å². The van der Waals surface area contributed by atoms with E-state index in [1.165, 1.54) is 6.08 Å². The standard InChI is InChI=1S/C15H17N3O3/c19-8-7-18-14(20)9-13(15(18)21)17-12-4-2-1-3-11(12)16-10-5-6-10/h1-4,9-10,16-17,19H,5-8H2. The number of imide groups is 1. The van der Waals surface area contributed by atoms with Crippen molar-refractivity contribution in [1.82, 2.24) is 4.90 Å². The Morgan fingerprint density at radius 2 is 1.90 bits per heavy atom. The molecule has 3 rings (SSSR count). The van der Waals surface area contributed by atoms with E-state index in [2.05, 4.69) is 10.6 Å². The Morgan fingerprint density at radius 1 is 1.19 bits per heavy atom. The Hall–Kier alpha value is -2.34. The van der Waals surface area contributed by atoms with E-state index >= 15 is 0 Å². The molecule has 1 fully saturated rings. The molecule has 1 aliphatic heterocycles. The number of benzene rings is 1. The minimum atomic E-state index is -0.407. The van der Waals surface area contributed by atoms with Crippen molar-refractivity contribution in [2.45, 2.75) is 18.9 Å². The van der Waals surface area contributed by atoms with Crippen LogP contribution < -0.4 is 10.6 Å².